The molecule has 0 saturated heterocycles. The number of anilines is 1. The molecule has 0 atom stereocenters. The van der Waals surface area contributed by atoms with Crippen molar-refractivity contribution in [3.05, 3.63) is 82.4 Å². The number of hydrogen-bond donors (Lipinski definition) is 0. The molecule has 0 fully saturated rings. The molecule has 0 N–H and O–H groups in total. The van der Waals surface area contributed by atoms with Gasteiger partial charge in [-0.15, -0.1) is 0 Å². The summed E-state index contributed by atoms with van der Waals surface area (Å²) in [5.41, 5.74) is 8.87. The lowest BCUT2D eigenvalue weighted by atomic mass is 9.88. The summed E-state index contributed by atoms with van der Waals surface area (Å²) in [5.74, 6) is 1.04. The molecule has 3 heteroatoms. The Bertz CT molecular complexity index is 1050. The maximum absolute atomic E-state index is 13.0. The van der Waals surface area contributed by atoms with Crippen molar-refractivity contribution in [2.45, 2.75) is 33.4 Å². The van der Waals surface area contributed by atoms with E-state index in [1.54, 1.807) is 0 Å². The van der Waals surface area contributed by atoms with Gasteiger partial charge in [0, 0.05) is 16.8 Å². The number of amides is 1. The van der Waals surface area contributed by atoms with Gasteiger partial charge >= 0.3 is 0 Å². The van der Waals surface area contributed by atoms with Gasteiger partial charge in [-0.05, 0) is 71.5 Å². The number of para-hydroxylation sites is 1. The highest BCUT2D eigenvalue weighted by atomic mass is 16.5. The van der Waals surface area contributed by atoms with Crippen molar-refractivity contribution in [2.75, 3.05) is 4.90 Å². The summed E-state index contributed by atoms with van der Waals surface area (Å²) in [5, 5.41) is 0. The van der Waals surface area contributed by atoms with Crippen molar-refractivity contribution in [2.24, 2.45) is 0 Å². The van der Waals surface area contributed by atoms with Crippen molar-refractivity contribution in [1.29, 1.82) is 0 Å². The van der Waals surface area contributed by atoms with Gasteiger partial charge < -0.3 is 9.64 Å². The standard InChI is InChI=1S/C24H21NO2/c1-3-16-9-15(2)10-22-23(16)20-11-17-13-25(19-7-5-4-6-8-19)24(26)21(17)12-18(20)14-27-22/h4-12H,3,13-14H2,1-2H3. The first-order valence-electron chi connectivity index (χ1n) is 9.45. The van der Waals surface area contributed by atoms with E-state index < -0.39 is 0 Å². The lowest BCUT2D eigenvalue weighted by molar-refractivity contribution is 0.0996. The second kappa shape index (κ2) is 5.98. The summed E-state index contributed by atoms with van der Waals surface area (Å²) in [6.45, 7) is 5.42. The van der Waals surface area contributed by atoms with Gasteiger partial charge in [0.1, 0.15) is 12.4 Å². The molecule has 3 aromatic carbocycles. The molecule has 134 valence electrons. The fraction of sp³-hybridized carbons (Fsp3) is 0.208. The largest absolute Gasteiger partial charge is 0.488 e. The van der Waals surface area contributed by atoms with E-state index in [-0.39, 0.29) is 5.91 Å². The highest BCUT2D eigenvalue weighted by molar-refractivity contribution is 6.10. The molecule has 27 heavy (non-hydrogen) atoms. The average Bonchev–Trinajstić information content (AvgIpc) is 3.02. The smallest absolute Gasteiger partial charge is 0.258 e. The minimum atomic E-state index is 0.0735. The van der Waals surface area contributed by atoms with E-state index in [0.29, 0.717) is 13.2 Å². The van der Waals surface area contributed by atoms with Crippen LogP contribution in [0.25, 0.3) is 11.1 Å². The number of carbonyl (C=O) groups excluding carboxylic acids is 1. The molecule has 0 spiro atoms. The Morgan fingerprint density at radius 1 is 1.00 bits per heavy atom. The summed E-state index contributed by atoms with van der Waals surface area (Å²) >= 11 is 0. The van der Waals surface area contributed by atoms with Gasteiger partial charge in [-0.25, -0.2) is 0 Å². The lowest BCUT2D eigenvalue weighted by Crippen LogP contribution is -2.22. The van der Waals surface area contributed by atoms with Crippen molar-refractivity contribution >= 4 is 11.6 Å². The fourth-order valence-corrected chi connectivity index (χ4v) is 4.26. The number of rotatable bonds is 2. The summed E-state index contributed by atoms with van der Waals surface area (Å²) in [6, 6.07) is 18.5. The summed E-state index contributed by atoms with van der Waals surface area (Å²) < 4.78 is 6.05. The number of carbonyl (C=O) groups is 1. The number of benzene rings is 3. The second-order valence-corrected chi connectivity index (χ2v) is 7.33. The number of fused-ring (bicyclic) bond motifs is 4. The van der Waals surface area contributed by atoms with E-state index in [1.165, 1.54) is 22.3 Å². The van der Waals surface area contributed by atoms with Crippen LogP contribution in [0.1, 0.15) is 39.5 Å². The van der Waals surface area contributed by atoms with Crippen molar-refractivity contribution in [1.82, 2.24) is 0 Å². The zero-order valence-corrected chi connectivity index (χ0v) is 15.6. The van der Waals surface area contributed by atoms with Crippen LogP contribution in [-0.2, 0) is 19.6 Å². The van der Waals surface area contributed by atoms with Crippen LogP contribution in [0.5, 0.6) is 5.75 Å². The minimum Gasteiger partial charge on any atom is -0.488 e. The third kappa shape index (κ3) is 2.46. The molecule has 3 aromatic rings. The van der Waals surface area contributed by atoms with Gasteiger partial charge in [0.2, 0.25) is 0 Å². The Kier molecular flexibility index (Phi) is 3.57. The van der Waals surface area contributed by atoms with Crippen molar-refractivity contribution in [3.63, 3.8) is 0 Å². The summed E-state index contributed by atoms with van der Waals surface area (Å²) in [6.07, 6.45) is 0.957. The fourth-order valence-electron chi connectivity index (χ4n) is 4.26. The molecule has 0 aromatic heterocycles. The number of hydrogen-bond acceptors (Lipinski definition) is 2. The summed E-state index contributed by atoms with van der Waals surface area (Å²) in [4.78, 5) is 14.8. The van der Waals surface area contributed by atoms with Crippen LogP contribution >= 0.6 is 0 Å². The van der Waals surface area contributed by atoms with Gasteiger partial charge in [-0.3, -0.25) is 4.79 Å². The van der Waals surface area contributed by atoms with Crippen LogP contribution in [0, 0.1) is 6.92 Å². The SMILES string of the molecule is CCc1cc(C)cc2c1-c1cc3c(cc1CO2)C(=O)N(c1ccccc1)C3. The molecule has 0 aliphatic carbocycles. The second-order valence-electron chi connectivity index (χ2n) is 7.33. The van der Waals surface area contributed by atoms with Crippen LogP contribution in [0.4, 0.5) is 5.69 Å². The first-order chi connectivity index (χ1) is 13.2. The molecule has 2 aliphatic heterocycles. The molecular formula is C24H21NO2. The van der Waals surface area contributed by atoms with Crippen LogP contribution in [0.2, 0.25) is 0 Å². The Morgan fingerprint density at radius 3 is 2.56 bits per heavy atom. The summed E-state index contributed by atoms with van der Waals surface area (Å²) in [7, 11) is 0. The first-order valence-corrected chi connectivity index (χ1v) is 9.45. The maximum atomic E-state index is 13.0. The molecular weight excluding hydrogens is 334 g/mol. The van der Waals surface area contributed by atoms with Gasteiger partial charge in [-0.1, -0.05) is 31.2 Å². The van der Waals surface area contributed by atoms with E-state index >= 15 is 0 Å². The monoisotopic (exact) mass is 355 g/mol. The van der Waals surface area contributed by atoms with Gasteiger partial charge in [-0.2, -0.15) is 0 Å². The molecule has 1 amide bonds. The third-order valence-electron chi connectivity index (χ3n) is 5.56. The van der Waals surface area contributed by atoms with Crippen LogP contribution < -0.4 is 9.64 Å². The molecule has 0 unspecified atom stereocenters. The van der Waals surface area contributed by atoms with Gasteiger partial charge in [0.05, 0.1) is 6.54 Å². The number of nitrogens with zero attached hydrogens (tertiary/aromatic N) is 1. The normalized spacial score (nSPS) is 14.4. The molecule has 0 bridgehead atoms. The molecule has 0 radical (unpaired) electrons. The molecule has 2 aliphatic rings. The molecule has 0 saturated carbocycles. The topological polar surface area (TPSA) is 29.5 Å². The predicted octanol–water partition coefficient (Wildman–Crippen LogP) is 5.28. The van der Waals surface area contributed by atoms with Crippen molar-refractivity contribution in [3.8, 4) is 16.9 Å². The van der Waals surface area contributed by atoms with Gasteiger partial charge in [0.25, 0.3) is 5.91 Å². The van der Waals surface area contributed by atoms with E-state index in [0.717, 1.165) is 34.5 Å². The molecule has 5 rings (SSSR count). The van der Waals surface area contributed by atoms with E-state index in [4.69, 9.17) is 4.74 Å². The van der Waals surface area contributed by atoms with Crippen molar-refractivity contribution < 1.29 is 9.53 Å². The van der Waals surface area contributed by atoms with E-state index in [1.807, 2.05) is 41.3 Å². The molecule has 3 nitrogen and oxygen atoms in total. The van der Waals surface area contributed by atoms with Gasteiger partial charge in [0.15, 0.2) is 0 Å². The van der Waals surface area contributed by atoms with Crippen LogP contribution in [0.15, 0.2) is 54.6 Å². The quantitative estimate of drug-likeness (QED) is 0.626. The average molecular weight is 355 g/mol. The Hall–Kier alpha value is -3.07. The Morgan fingerprint density at radius 2 is 1.78 bits per heavy atom. The highest BCUT2D eigenvalue weighted by Crippen LogP contribution is 2.43. The molecule has 2 heterocycles. The Balaban J connectivity index is 1.64. The predicted molar refractivity (Wildman–Crippen MR) is 107 cm³/mol. The zero-order valence-electron chi connectivity index (χ0n) is 15.6. The number of aryl methyl sites for hydroxylation is 2. The lowest BCUT2D eigenvalue weighted by Gasteiger charge is -2.24. The number of ether oxygens (including phenoxy) is 1. The van der Waals surface area contributed by atoms with Crippen LogP contribution in [0.3, 0.4) is 0 Å². The third-order valence-corrected chi connectivity index (χ3v) is 5.56. The van der Waals surface area contributed by atoms with Crippen LogP contribution in [-0.4, -0.2) is 5.91 Å². The highest BCUT2D eigenvalue weighted by Gasteiger charge is 2.31. The maximum Gasteiger partial charge on any atom is 0.258 e. The minimum absolute atomic E-state index is 0.0735. The van der Waals surface area contributed by atoms with E-state index in [2.05, 4.69) is 32.0 Å². The first kappa shape index (κ1) is 16.1. The zero-order chi connectivity index (χ0) is 18.5. The Labute approximate surface area is 159 Å². The van der Waals surface area contributed by atoms with E-state index in [9.17, 15) is 4.79 Å².